The van der Waals surface area contributed by atoms with Gasteiger partial charge in [0.15, 0.2) is 6.10 Å². The van der Waals surface area contributed by atoms with Crippen molar-refractivity contribution >= 4 is 17.9 Å². The number of unbranched alkanes of at least 4 members (excludes halogenated alkanes) is 14. The molecule has 1 atom stereocenters. The third-order valence-electron chi connectivity index (χ3n) is 10.5. The minimum atomic E-state index is -0.824. The summed E-state index contributed by atoms with van der Waals surface area (Å²) in [7, 11) is 0. The standard InChI is InChI=1S/C62H94O6/c1-4-7-10-13-16-19-22-25-27-29-31-33-35-37-40-43-46-49-52-55-61(64)67-58-59(57-66-60(63)54-51-48-45-42-39-24-21-18-15-12-9-6-3)68-62(65)56-53-50-47-44-41-38-36-34-32-30-28-26-23-20-17-14-11-8-5-2/h7-13,16-22,25-29,31,33,35,37,39-40,42,59H,4-6,14-15,23-24,30,32,34,36,38,41,43-58H2,1-3H3/b10-7-,11-8-,12-9-,16-13-,20-17-,21-18-,22-19-,27-25-,28-26-,31-29+,35-33-,40-37-,42-39-. The lowest BCUT2D eigenvalue weighted by Crippen LogP contribution is -2.30. The molecular weight excluding hydrogens is 841 g/mol. The molecule has 0 heterocycles. The molecule has 0 saturated carbocycles. The van der Waals surface area contributed by atoms with Gasteiger partial charge in [0.2, 0.25) is 0 Å². The van der Waals surface area contributed by atoms with Crippen molar-refractivity contribution < 1.29 is 28.6 Å². The zero-order valence-corrected chi connectivity index (χ0v) is 43.0. The van der Waals surface area contributed by atoms with E-state index in [1.54, 1.807) is 0 Å². The van der Waals surface area contributed by atoms with Gasteiger partial charge < -0.3 is 14.2 Å². The van der Waals surface area contributed by atoms with Crippen molar-refractivity contribution in [3.63, 3.8) is 0 Å². The SMILES string of the molecule is CC\C=C/C=C\C=C/C=C\C=C\C=C/C=C\CCCCCC(=O)OCC(COC(=O)CCCC/C=C\C/C=C\C/C=C\CC)OC(=O)CCCCCCCCCCC/C=C\C/C=C\C/C=C\CC. The summed E-state index contributed by atoms with van der Waals surface area (Å²) in [5, 5.41) is 0. The van der Waals surface area contributed by atoms with Crippen LogP contribution in [0.2, 0.25) is 0 Å². The lowest BCUT2D eigenvalue weighted by molar-refractivity contribution is -0.167. The predicted octanol–water partition coefficient (Wildman–Crippen LogP) is 17.8. The normalized spacial score (nSPS) is 13.4. The summed E-state index contributed by atoms with van der Waals surface area (Å²) in [5.74, 6) is -1.02. The van der Waals surface area contributed by atoms with Crippen LogP contribution in [0.1, 0.15) is 194 Å². The average molecular weight is 935 g/mol. The van der Waals surface area contributed by atoms with Crippen LogP contribution in [0.5, 0.6) is 0 Å². The summed E-state index contributed by atoms with van der Waals surface area (Å²) >= 11 is 0. The van der Waals surface area contributed by atoms with E-state index in [-0.39, 0.29) is 37.5 Å². The van der Waals surface area contributed by atoms with E-state index in [9.17, 15) is 14.4 Å². The second-order valence-electron chi connectivity index (χ2n) is 16.8. The van der Waals surface area contributed by atoms with Gasteiger partial charge >= 0.3 is 17.9 Å². The largest absolute Gasteiger partial charge is 0.462 e. The van der Waals surface area contributed by atoms with Gasteiger partial charge in [-0.1, -0.05) is 230 Å². The maximum atomic E-state index is 12.8. The monoisotopic (exact) mass is 935 g/mol. The Morgan fingerprint density at radius 2 is 0.603 bits per heavy atom. The molecule has 1 unspecified atom stereocenters. The predicted molar refractivity (Wildman–Crippen MR) is 292 cm³/mol. The van der Waals surface area contributed by atoms with Gasteiger partial charge in [-0.05, 0) is 103 Å². The smallest absolute Gasteiger partial charge is 0.306 e. The topological polar surface area (TPSA) is 78.9 Å². The zero-order chi connectivity index (χ0) is 49.3. The molecule has 6 heteroatoms. The summed E-state index contributed by atoms with van der Waals surface area (Å²) in [6.07, 6.45) is 79.4. The fourth-order valence-corrected chi connectivity index (χ4v) is 6.57. The first kappa shape index (κ1) is 63.0. The van der Waals surface area contributed by atoms with Gasteiger partial charge in [-0.25, -0.2) is 0 Å². The number of carbonyl (C=O) groups excluding carboxylic acids is 3. The Labute approximate surface area is 416 Å². The summed E-state index contributed by atoms with van der Waals surface area (Å²) in [4.78, 5) is 38.0. The van der Waals surface area contributed by atoms with Crippen LogP contribution < -0.4 is 0 Å². The minimum Gasteiger partial charge on any atom is -0.462 e. The average Bonchev–Trinajstić information content (AvgIpc) is 3.34. The van der Waals surface area contributed by atoms with Crippen molar-refractivity contribution in [1.82, 2.24) is 0 Å². The summed E-state index contributed by atoms with van der Waals surface area (Å²) in [6.45, 7) is 6.16. The van der Waals surface area contributed by atoms with Gasteiger partial charge in [0.05, 0.1) is 0 Å². The maximum Gasteiger partial charge on any atom is 0.306 e. The molecular formula is C62H94O6. The highest BCUT2D eigenvalue weighted by Crippen LogP contribution is 2.13. The second-order valence-corrected chi connectivity index (χ2v) is 16.8. The molecule has 0 aliphatic carbocycles. The molecule has 0 aromatic rings. The van der Waals surface area contributed by atoms with Crippen molar-refractivity contribution in [1.29, 1.82) is 0 Å². The van der Waals surface area contributed by atoms with Gasteiger partial charge in [-0.3, -0.25) is 14.4 Å². The first-order valence-corrected chi connectivity index (χ1v) is 26.6. The van der Waals surface area contributed by atoms with E-state index in [1.807, 2.05) is 72.9 Å². The third-order valence-corrected chi connectivity index (χ3v) is 10.5. The minimum absolute atomic E-state index is 0.123. The van der Waals surface area contributed by atoms with Crippen molar-refractivity contribution in [2.75, 3.05) is 13.2 Å². The Balaban J connectivity index is 4.55. The molecule has 378 valence electrons. The van der Waals surface area contributed by atoms with Gasteiger partial charge in [-0.15, -0.1) is 0 Å². The molecule has 0 aromatic carbocycles. The maximum absolute atomic E-state index is 12.8. The van der Waals surface area contributed by atoms with E-state index in [1.165, 1.54) is 38.5 Å². The molecule has 0 amide bonds. The molecule has 0 aromatic heterocycles. The third kappa shape index (κ3) is 52.0. The van der Waals surface area contributed by atoms with E-state index in [4.69, 9.17) is 14.2 Å². The number of rotatable bonds is 45. The molecule has 0 saturated heterocycles. The molecule has 68 heavy (non-hydrogen) atoms. The quantitative estimate of drug-likeness (QED) is 0.0199. The van der Waals surface area contributed by atoms with Gasteiger partial charge in [0.1, 0.15) is 13.2 Å². The number of esters is 3. The summed E-state index contributed by atoms with van der Waals surface area (Å²) < 4.78 is 16.7. The molecule has 0 aliphatic rings. The highest BCUT2D eigenvalue weighted by molar-refractivity contribution is 5.71. The molecule has 0 aliphatic heterocycles. The Morgan fingerprint density at radius 3 is 1.04 bits per heavy atom. The van der Waals surface area contributed by atoms with Crippen LogP contribution in [0.25, 0.3) is 0 Å². The van der Waals surface area contributed by atoms with E-state index in [2.05, 4.69) is 106 Å². The van der Waals surface area contributed by atoms with Crippen LogP contribution in [-0.4, -0.2) is 37.2 Å². The van der Waals surface area contributed by atoms with Gasteiger partial charge in [0.25, 0.3) is 0 Å². The zero-order valence-electron chi connectivity index (χ0n) is 43.0. The van der Waals surface area contributed by atoms with Crippen LogP contribution in [-0.2, 0) is 28.6 Å². The summed E-state index contributed by atoms with van der Waals surface area (Å²) in [5.41, 5.74) is 0. The molecule has 0 rings (SSSR count). The number of carbonyl (C=O) groups is 3. The van der Waals surface area contributed by atoms with Crippen molar-refractivity contribution in [3.8, 4) is 0 Å². The Morgan fingerprint density at radius 1 is 0.309 bits per heavy atom. The molecule has 0 fully saturated rings. The lowest BCUT2D eigenvalue weighted by Gasteiger charge is -2.18. The summed E-state index contributed by atoms with van der Waals surface area (Å²) in [6, 6.07) is 0. The Hall–Kier alpha value is -4.97. The molecule has 6 nitrogen and oxygen atoms in total. The van der Waals surface area contributed by atoms with Gasteiger partial charge in [0, 0.05) is 19.3 Å². The van der Waals surface area contributed by atoms with Crippen molar-refractivity contribution in [2.45, 2.75) is 200 Å². The van der Waals surface area contributed by atoms with Crippen LogP contribution in [0.3, 0.4) is 0 Å². The Kier molecular flexibility index (Phi) is 50.6. The number of ether oxygens (including phenoxy) is 3. The van der Waals surface area contributed by atoms with E-state index >= 15 is 0 Å². The van der Waals surface area contributed by atoms with Crippen molar-refractivity contribution in [3.05, 3.63) is 158 Å². The van der Waals surface area contributed by atoms with Crippen molar-refractivity contribution in [2.24, 2.45) is 0 Å². The van der Waals surface area contributed by atoms with Crippen LogP contribution >= 0.6 is 0 Å². The van der Waals surface area contributed by atoms with Crippen LogP contribution in [0.15, 0.2) is 158 Å². The van der Waals surface area contributed by atoms with Crippen LogP contribution in [0, 0.1) is 0 Å². The first-order chi connectivity index (χ1) is 33.5. The van der Waals surface area contributed by atoms with E-state index in [0.717, 1.165) is 103 Å². The van der Waals surface area contributed by atoms with Gasteiger partial charge in [-0.2, -0.15) is 0 Å². The van der Waals surface area contributed by atoms with E-state index < -0.39 is 6.10 Å². The fourth-order valence-electron chi connectivity index (χ4n) is 6.57. The van der Waals surface area contributed by atoms with E-state index in [0.29, 0.717) is 25.7 Å². The molecule has 0 bridgehead atoms. The highest BCUT2D eigenvalue weighted by Gasteiger charge is 2.19. The molecule has 0 N–H and O–H groups in total. The molecule has 0 radical (unpaired) electrons. The Bertz CT molecular complexity index is 1590. The number of hydrogen-bond acceptors (Lipinski definition) is 6. The first-order valence-electron chi connectivity index (χ1n) is 26.6. The van der Waals surface area contributed by atoms with Crippen LogP contribution in [0.4, 0.5) is 0 Å². The second kappa shape index (κ2) is 54.6. The fraction of sp³-hybridized carbons (Fsp3) is 0.532. The number of allylic oxidation sites excluding steroid dienone is 26. The molecule has 0 spiro atoms. The number of hydrogen-bond donors (Lipinski definition) is 0. The lowest BCUT2D eigenvalue weighted by atomic mass is 10.1. The highest BCUT2D eigenvalue weighted by atomic mass is 16.6.